The van der Waals surface area contributed by atoms with Crippen molar-refractivity contribution < 1.29 is 0 Å². The summed E-state index contributed by atoms with van der Waals surface area (Å²) in [5.41, 5.74) is 0. The highest BCUT2D eigenvalue weighted by molar-refractivity contribution is 7.11. The molecule has 1 aliphatic heterocycles. The summed E-state index contributed by atoms with van der Waals surface area (Å²) in [5, 5.41) is 8.11. The SMILES string of the molecule is CN=C(NCCc1ncc(C)s1)NCC(C(C)C)N1CCN(C)CC1. The molecule has 7 heteroatoms. The quantitative estimate of drug-likeness (QED) is 0.565. The van der Waals surface area contributed by atoms with Crippen molar-refractivity contribution in [2.75, 3.05) is 53.4 Å². The molecule has 1 aromatic heterocycles. The Hall–Kier alpha value is -1.18. The zero-order chi connectivity index (χ0) is 18.2. The summed E-state index contributed by atoms with van der Waals surface area (Å²) < 4.78 is 0. The molecule has 2 heterocycles. The summed E-state index contributed by atoms with van der Waals surface area (Å²) in [5.74, 6) is 1.50. The molecule has 1 saturated heterocycles. The van der Waals surface area contributed by atoms with Crippen molar-refractivity contribution in [1.29, 1.82) is 0 Å². The first-order valence-electron chi connectivity index (χ1n) is 9.28. The minimum absolute atomic E-state index is 0.536. The van der Waals surface area contributed by atoms with Gasteiger partial charge in [-0.3, -0.25) is 9.89 Å². The third-order valence-corrected chi connectivity index (χ3v) is 5.75. The highest BCUT2D eigenvalue weighted by atomic mass is 32.1. The molecule has 1 unspecified atom stereocenters. The van der Waals surface area contributed by atoms with Gasteiger partial charge >= 0.3 is 0 Å². The maximum atomic E-state index is 4.41. The highest BCUT2D eigenvalue weighted by Crippen LogP contribution is 2.13. The standard InChI is InChI=1S/C18H34N6S/c1-14(2)16(24-10-8-23(5)9-11-24)13-22-18(19-4)20-7-6-17-21-12-15(3)25-17/h12,14,16H,6-11,13H2,1-5H3,(H2,19,20,22). The van der Waals surface area contributed by atoms with Crippen molar-refractivity contribution in [2.24, 2.45) is 10.9 Å². The number of nitrogens with zero attached hydrogens (tertiary/aromatic N) is 4. The van der Waals surface area contributed by atoms with E-state index >= 15 is 0 Å². The van der Waals surface area contributed by atoms with Crippen LogP contribution in [0.4, 0.5) is 0 Å². The maximum Gasteiger partial charge on any atom is 0.191 e. The smallest absolute Gasteiger partial charge is 0.191 e. The number of hydrogen-bond acceptors (Lipinski definition) is 5. The fraction of sp³-hybridized carbons (Fsp3) is 0.778. The van der Waals surface area contributed by atoms with Gasteiger partial charge < -0.3 is 15.5 Å². The highest BCUT2D eigenvalue weighted by Gasteiger charge is 2.24. The minimum atomic E-state index is 0.536. The van der Waals surface area contributed by atoms with Gasteiger partial charge in [-0.1, -0.05) is 13.8 Å². The predicted molar refractivity (Wildman–Crippen MR) is 108 cm³/mol. The molecular formula is C18H34N6S. The summed E-state index contributed by atoms with van der Waals surface area (Å²) in [6.45, 7) is 13.1. The van der Waals surface area contributed by atoms with E-state index in [9.17, 15) is 0 Å². The molecule has 0 saturated carbocycles. The molecule has 25 heavy (non-hydrogen) atoms. The molecule has 6 nitrogen and oxygen atoms in total. The van der Waals surface area contributed by atoms with E-state index in [0.717, 1.165) is 51.6 Å². The average Bonchev–Trinajstić information content (AvgIpc) is 3.00. The molecule has 0 aromatic carbocycles. The summed E-state index contributed by atoms with van der Waals surface area (Å²) >= 11 is 1.77. The van der Waals surface area contributed by atoms with Crippen molar-refractivity contribution in [3.8, 4) is 0 Å². The van der Waals surface area contributed by atoms with Crippen LogP contribution in [-0.4, -0.2) is 80.1 Å². The number of guanidine groups is 1. The number of aliphatic imine (C=N–C) groups is 1. The Labute approximate surface area is 156 Å². The maximum absolute atomic E-state index is 4.41. The molecule has 1 aliphatic rings. The van der Waals surface area contributed by atoms with Gasteiger partial charge in [0.05, 0.1) is 5.01 Å². The Morgan fingerprint density at radius 1 is 1.28 bits per heavy atom. The number of piperazine rings is 1. The summed E-state index contributed by atoms with van der Waals surface area (Å²) in [4.78, 5) is 15.1. The normalized spacial score (nSPS) is 18.6. The van der Waals surface area contributed by atoms with E-state index in [4.69, 9.17) is 0 Å². The molecule has 1 aromatic rings. The number of likely N-dealkylation sites (N-methyl/N-ethyl adjacent to an activating group) is 1. The minimum Gasteiger partial charge on any atom is -0.356 e. The Kier molecular flexibility index (Phi) is 8.12. The van der Waals surface area contributed by atoms with Gasteiger partial charge in [-0.2, -0.15) is 0 Å². The number of rotatable bonds is 7. The second-order valence-electron chi connectivity index (χ2n) is 7.15. The van der Waals surface area contributed by atoms with Gasteiger partial charge in [0.25, 0.3) is 0 Å². The van der Waals surface area contributed by atoms with Crippen molar-refractivity contribution in [1.82, 2.24) is 25.4 Å². The van der Waals surface area contributed by atoms with E-state index in [1.807, 2.05) is 13.2 Å². The Morgan fingerprint density at radius 2 is 2.00 bits per heavy atom. The van der Waals surface area contributed by atoms with E-state index in [-0.39, 0.29) is 0 Å². The summed E-state index contributed by atoms with van der Waals surface area (Å²) in [7, 11) is 4.04. The topological polar surface area (TPSA) is 55.8 Å². The fourth-order valence-electron chi connectivity index (χ4n) is 3.17. The fourth-order valence-corrected chi connectivity index (χ4v) is 3.95. The molecular weight excluding hydrogens is 332 g/mol. The number of nitrogens with one attached hydrogen (secondary N) is 2. The monoisotopic (exact) mass is 366 g/mol. The zero-order valence-electron chi connectivity index (χ0n) is 16.4. The van der Waals surface area contributed by atoms with Crippen LogP contribution >= 0.6 is 11.3 Å². The molecule has 0 bridgehead atoms. The lowest BCUT2D eigenvalue weighted by atomic mass is 10.0. The predicted octanol–water partition coefficient (Wildman–Crippen LogP) is 1.43. The molecule has 0 amide bonds. The second kappa shape index (κ2) is 10.1. The van der Waals surface area contributed by atoms with Gasteiger partial charge in [0, 0.05) is 69.9 Å². The van der Waals surface area contributed by atoms with Crippen LogP contribution in [0.1, 0.15) is 23.7 Å². The largest absolute Gasteiger partial charge is 0.356 e. The number of thiazole rings is 1. The van der Waals surface area contributed by atoms with Crippen molar-refractivity contribution >= 4 is 17.3 Å². The van der Waals surface area contributed by atoms with E-state index in [1.165, 1.54) is 9.88 Å². The molecule has 2 N–H and O–H groups in total. The van der Waals surface area contributed by atoms with Crippen LogP contribution in [-0.2, 0) is 6.42 Å². The molecule has 1 atom stereocenters. The van der Waals surface area contributed by atoms with Crippen molar-refractivity contribution in [3.63, 3.8) is 0 Å². The molecule has 0 radical (unpaired) electrons. The zero-order valence-corrected chi connectivity index (χ0v) is 17.2. The van der Waals surface area contributed by atoms with Gasteiger partial charge in [0.2, 0.25) is 0 Å². The lowest BCUT2D eigenvalue weighted by Gasteiger charge is -2.40. The second-order valence-corrected chi connectivity index (χ2v) is 8.46. The molecule has 142 valence electrons. The van der Waals surface area contributed by atoms with Crippen LogP contribution in [0.15, 0.2) is 11.2 Å². The van der Waals surface area contributed by atoms with Gasteiger partial charge in [-0.05, 0) is 19.9 Å². The first kappa shape index (κ1) is 20.1. The molecule has 0 aliphatic carbocycles. The van der Waals surface area contributed by atoms with Crippen LogP contribution in [0.3, 0.4) is 0 Å². The van der Waals surface area contributed by atoms with Crippen LogP contribution < -0.4 is 10.6 Å². The lowest BCUT2D eigenvalue weighted by Crippen LogP contribution is -2.55. The van der Waals surface area contributed by atoms with E-state index in [0.29, 0.717) is 12.0 Å². The van der Waals surface area contributed by atoms with Gasteiger partial charge in [0.1, 0.15) is 0 Å². The van der Waals surface area contributed by atoms with Gasteiger partial charge in [-0.25, -0.2) is 4.98 Å². The molecule has 1 fully saturated rings. The third kappa shape index (κ3) is 6.56. The molecule has 2 rings (SSSR count). The van der Waals surface area contributed by atoms with Crippen LogP contribution in [0, 0.1) is 12.8 Å². The first-order chi connectivity index (χ1) is 12.0. The van der Waals surface area contributed by atoms with Crippen LogP contribution in [0.5, 0.6) is 0 Å². The number of aryl methyl sites for hydroxylation is 1. The van der Waals surface area contributed by atoms with Crippen LogP contribution in [0.25, 0.3) is 0 Å². The number of aromatic nitrogens is 1. The lowest BCUT2D eigenvalue weighted by molar-refractivity contribution is 0.0900. The average molecular weight is 367 g/mol. The van der Waals surface area contributed by atoms with Crippen molar-refractivity contribution in [2.45, 2.75) is 33.2 Å². The Morgan fingerprint density at radius 3 is 2.56 bits per heavy atom. The van der Waals surface area contributed by atoms with Gasteiger partial charge in [-0.15, -0.1) is 11.3 Å². The van der Waals surface area contributed by atoms with Crippen LogP contribution in [0.2, 0.25) is 0 Å². The Bertz CT molecular complexity index is 533. The first-order valence-corrected chi connectivity index (χ1v) is 10.1. The Balaban J connectivity index is 1.77. The number of hydrogen-bond donors (Lipinski definition) is 2. The summed E-state index contributed by atoms with van der Waals surface area (Å²) in [6.07, 6.45) is 2.88. The van der Waals surface area contributed by atoms with E-state index < -0.39 is 0 Å². The van der Waals surface area contributed by atoms with Crippen molar-refractivity contribution in [3.05, 3.63) is 16.1 Å². The van der Waals surface area contributed by atoms with Gasteiger partial charge in [0.15, 0.2) is 5.96 Å². The molecule has 0 spiro atoms. The summed E-state index contributed by atoms with van der Waals surface area (Å²) in [6, 6.07) is 0.536. The van der Waals surface area contributed by atoms with E-state index in [1.54, 1.807) is 11.3 Å². The van der Waals surface area contributed by atoms with E-state index in [2.05, 4.69) is 58.2 Å². The third-order valence-electron chi connectivity index (χ3n) is 4.78.